The number of rotatable bonds is 10. The molecule has 1 heterocycles. The summed E-state index contributed by atoms with van der Waals surface area (Å²) in [6.07, 6.45) is 3.59. The van der Waals surface area contributed by atoms with Crippen LogP contribution in [0, 0.1) is 0 Å². The van der Waals surface area contributed by atoms with E-state index in [0.29, 0.717) is 13.0 Å². The Morgan fingerprint density at radius 3 is 2.32 bits per heavy atom. The van der Waals surface area contributed by atoms with Crippen molar-refractivity contribution in [2.45, 2.75) is 32.3 Å². The van der Waals surface area contributed by atoms with E-state index in [9.17, 15) is 9.90 Å². The molecule has 1 aliphatic heterocycles. The predicted octanol–water partition coefficient (Wildman–Crippen LogP) is 5.95. The van der Waals surface area contributed by atoms with Crippen molar-refractivity contribution in [1.82, 2.24) is 0 Å². The number of nitrogens with zero attached hydrogens (tertiary/aromatic N) is 1. The molecule has 0 aromatic heterocycles. The van der Waals surface area contributed by atoms with Crippen molar-refractivity contribution < 1.29 is 19.4 Å². The fraction of sp³-hybridized carbons (Fsp3) is 0.276. The number of carboxylic acids is 1. The highest BCUT2D eigenvalue weighted by Crippen LogP contribution is 2.39. The van der Waals surface area contributed by atoms with Crippen LogP contribution >= 0.6 is 0 Å². The molecule has 0 amide bonds. The Kier molecular flexibility index (Phi) is 7.65. The third-order valence-electron chi connectivity index (χ3n) is 6.13. The molecule has 1 unspecified atom stereocenters. The minimum atomic E-state index is -0.921. The number of aryl methyl sites for hydroxylation is 1. The molecule has 3 aromatic rings. The summed E-state index contributed by atoms with van der Waals surface area (Å²) in [5.41, 5.74) is 6.76. The molecule has 1 atom stereocenters. The highest BCUT2D eigenvalue weighted by Gasteiger charge is 2.22. The molecule has 34 heavy (non-hydrogen) atoms. The molecule has 4 rings (SSSR count). The molecule has 1 aliphatic rings. The number of fused-ring (bicyclic) bond motifs is 2. The third kappa shape index (κ3) is 5.32. The molecule has 5 heteroatoms. The normalized spacial score (nSPS) is 13.4. The average Bonchev–Trinajstić information content (AvgIpc) is 2.99. The van der Waals surface area contributed by atoms with Gasteiger partial charge < -0.3 is 19.5 Å². The molecule has 1 N–H and O–H groups in total. The quantitative estimate of drug-likeness (QED) is 0.408. The lowest BCUT2D eigenvalue weighted by Gasteiger charge is -2.27. The molecule has 5 nitrogen and oxygen atoms in total. The zero-order chi connectivity index (χ0) is 23.9. The standard InChI is InChI=1S/C29H31NO4/c1-3-34-28(29(31)32)19-22-16-14-21(15-17-22)9-8-18-30-25-12-6-4-10-23(25)20-27(33-2)24-11-5-7-13-26(24)30/h4-7,10-17,20,28H,3,8-9,18-19H2,1-2H3,(H,31,32). The Bertz CT molecular complexity index is 1150. The smallest absolute Gasteiger partial charge is 0.333 e. The van der Waals surface area contributed by atoms with Gasteiger partial charge in [-0.1, -0.05) is 54.6 Å². The van der Waals surface area contributed by atoms with Crippen LogP contribution in [0.3, 0.4) is 0 Å². The Morgan fingerprint density at radius 1 is 0.941 bits per heavy atom. The van der Waals surface area contributed by atoms with Crippen LogP contribution in [0.4, 0.5) is 11.4 Å². The number of carboxylic acid groups (broad SMARTS) is 1. The van der Waals surface area contributed by atoms with Gasteiger partial charge in [0.2, 0.25) is 0 Å². The first kappa shape index (κ1) is 23.6. The van der Waals surface area contributed by atoms with Crippen LogP contribution in [0.2, 0.25) is 0 Å². The van der Waals surface area contributed by atoms with Crippen molar-refractivity contribution in [3.05, 3.63) is 95.1 Å². The summed E-state index contributed by atoms with van der Waals surface area (Å²) < 4.78 is 11.1. The lowest BCUT2D eigenvalue weighted by atomic mass is 10.0. The summed E-state index contributed by atoms with van der Waals surface area (Å²) >= 11 is 0. The molecule has 176 valence electrons. The van der Waals surface area contributed by atoms with Gasteiger partial charge in [0.1, 0.15) is 5.76 Å². The van der Waals surface area contributed by atoms with Crippen LogP contribution in [-0.2, 0) is 27.1 Å². The number of methoxy groups -OCH3 is 1. The zero-order valence-corrected chi connectivity index (χ0v) is 19.7. The van der Waals surface area contributed by atoms with Crippen LogP contribution in [0.1, 0.15) is 35.6 Å². The number of para-hydroxylation sites is 2. The van der Waals surface area contributed by atoms with Crippen molar-refractivity contribution in [3.63, 3.8) is 0 Å². The van der Waals surface area contributed by atoms with Crippen LogP contribution < -0.4 is 4.90 Å². The van der Waals surface area contributed by atoms with Crippen molar-refractivity contribution in [2.24, 2.45) is 0 Å². The third-order valence-corrected chi connectivity index (χ3v) is 6.13. The second-order valence-corrected chi connectivity index (χ2v) is 8.35. The maximum Gasteiger partial charge on any atom is 0.333 e. The van der Waals surface area contributed by atoms with Gasteiger partial charge in [-0.3, -0.25) is 0 Å². The molecular formula is C29H31NO4. The predicted molar refractivity (Wildman–Crippen MR) is 136 cm³/mol. The second kappa shape index (κ2) is 11.0. The molecule has 0 saturated heterocycles. The van der Waals surface area contributed by atoms with Crippen molar-refractivity contribution in [1.29, 1.82) is 0 Å². The summed E-state index contributed by atoms with van der Waals surface area (Å²) in [7, 11) is 1.72. The maximum atomic E-state index is 11.4. The number of anilines is 2. The van der Waals surface area contributed by atoms with Crippen LogP contribution in [-0.4, -0.2) is 37.4 Å². The topological polar surface area (TPSA) is 59.0 Å². The van der Waals surface area contributed by atoms with Gasteiger partial charge in [0.05, 0.1) is 12.8 Å². The summed E-state index contributed by atoms with van der Waals surface area (Å²) in [6.45, 7) is 3.07. The van der Waals surface area contributed by atoms with Gasteiger partial charge >= 0.3 is 5.97 Å². The number of carbonyl (C=O) groups is 1. The van der Waals surface area contributed by atoms with Gasteiger partial charge in [-0.2, -0.15) is 0 Å². The number of hydrogen-bond donors (Lipinski definition) is 1. The van der Waals surface area contributed by atoms with Gasteiger partial charge in [0.25, 0.3) is 0 Å². The van der Waals surface area contributed by atoms with Gasteiger partial charge in [-0.05, 0) is 55.2 Å². The fourth-order valence-corrected chi connectivity index (χ4v) is 4.45. The maximum absolute atomic E-state index is 11.4. The minimum absolute atomic E-state index is 0.375. The van der Waals surface area contributed by atoms with E-state index in [1.165, 1.54) is 11.3 Å². The van der Waals surface area contributed by atoms with E-state index < -0.39 is 12.1 Å². The molecule has 0 spiro atoms. The lowest BCUT2D eigenvalue weighted by molar-refractivity contribution is -0.149. The largest absolute Gasteiger partial charge is 0.496 e. The molecule has 0 saturated carbocycles. The monoisotopic (exact) mass is 457 g/mol. The number of aliphatic carboxylic acids is 1. The first-order valence-corrected chi connectivity index (χ1v) is 11.7. The van der Waals surface area contributed by atoms with Crippen LogP contribution in [0.5, 0.6) is 0 Å². The molecule has 0 aliphatic carbocycles. The van der Waals surface area contributed by atoms with Crippen molar-refractivity contribution in [2.75, 3.05) is 25.2 Å². The Balaban J connectivity index is 1.47. The summed E-state index contributed by atoms with van der Waals surface area (Å²) in [4.78, 5) is 13.7. The van der Waals surface area contributed by atoms with Gasteiger partial charge in [0, 0.05) is 36.4 Å². The average molecular weight is 458 g/mol. The minimum Gasteiger partial charge on any atom is -0.496 e. The first-order chi connectivity index (χ1) is 16.6. The van der Waals surface area contributed by atoms with Crippen LogP contribution in [0.15, 0.2) is 72.8 Å². The van der Waals surface area contributed by atoms with Gasteiger partial charge in [-0.15, -0.1) is 0 Å². The van der Waals surface area contributed by atoms with Crippen molar-refractivity contribution in [3.8, 4) is 0 Å². The lowest BCUT2D eigenvalue weighted by Crippen LogP contribution is -2.26. The zero-order valence-electron chi connectivity index (χ0n) is 19.7. The van der Waals surface area contributed by atoms with E-state index in [-0.39, 0.29) is 0 Å². The molecule has 0 bridgehead atoms. The number of ether oxygens (including phenoxy) is 2. The SMILES string of the molecule is CCOC(Cc1ccc(CCCN2c3ccccc3C=C(OC)c3ccccc32)cc1)C(=O)O. The number of hydrogen-bond acceptors (Lipinski definition) is 4. The van der Waals surface area contributed by atoms with E-state index in [2.05, 4.69) is 65.6 Å². The van der Waals surface area contributed by atoms with Gasteiger partial charge in [0.15, 0.2) is 6.10 Å². The van der Waals surface area contributed by atoms with Crippen molar-refractivity contribution >= 4 is 29.2 Å². The fourth-order valence-electron chi connectivity index (χ4n) is 4.45. The van der Waals surface area contributed by atoms with E-state index in [4.69, 9.17) is 9.47 Å². The summed E-state index contributed by atoms with van der Waals surface area (Å²) in [6, 6.07) is 25.0. The highest BCUT2D eigenvalue weighted by atomic mass is 16.5. The second-order valence-electron chi connectivity index (χ2n) is 8.35. The highest BCUT2D eigenvalue weighted by molar-refractivity contribution is 5.92. The van der Waals surface area contributed by atoms with E-state index >= 15 is 0 Å². The summed E-state index contributed by atoms with van der Waals surface area (Å²) in [5, 5.41) is 9.31. The first-order valence-electron chi connectivity index (χ1n) is 11.7. The summed E-state index contributed by atoms with van der Waals surface area (Å²) in [5.74, 6) is -0.0529. The molecule has 3 aromatic carbocycles. The number of benzene rings is 3. The van der Waals surface area contributed by atoms with E-state index in [0.717, 1.165) is 47.5 Å². The van der Waals surface area contributed by atoms with Gasteiger partial charge in [-0.25, -0.2) is 4.79 Å². The molecule has 0 radical (unpaired) electrons. The van der Waals surface area contributed by atoms with E-state index in [1.807, 2.05) is 25.1 Å². The molecular weight excluding hydrogens is 426 g/mol. The van der Waals surface area contributed by atoms with Crippen LogP contribution in [0.25, 0.3) is 11.8 Å². The molecule has 0 fully saturated rings. The Morgan fingerprint density at radius 2 is 1.62 bits per heavy atom. The Labute approximate surface area is 201 Å². The Hall–Kier alpha value is -3.57. The van der Waals surface area contributed by atoms with E-state index in [1.54, 1.807) is 7.11 Å².